The van der Waals surface area contributed by atoms with Crippen LogP contribution in [0, 0.1) is 11.3 Å². The fraction of sp³-hybridized carbons (Fsp3) is 0.286. The third kappa shape index (κ3) is 4.03. The molecule has 100 valence electrons. The number of esters is 1. The summed E-state index contributed by atoms with van der Waals surface area (Å²) in [5.74, 6) is 0.518. The molecule has 0 saturated carbocycles. The average molecular weight is 261 g/mol. The van der Waals surface area contributed by atoms with Gasteiger partial charge in [0.2, 0.25) is 0 Å². The summed E-state index contributed by atoms with van der Waals surface area (Å²) in [6.45, 7) is 1.50. The van der Waals surface area contributed by atoms with Gasteiger partial charge < -0.3 is 14.2 Å². The lowest BCUT2D eigenvalue weighted by molar-refractivity contribution is -0.139. The fourth-order valence-electron chi connectivity index (χ4n) is 1.44. The summed E-state index contributed by atoms with van der Waals surface area (Å²) in [5.41, 5.74) is 0.684. The standard InChI is InChI=1S/C14H15NO4/c1-10(9-15)19-13(16)8-7-11-5-4-6-12(17-2)14(11)18-3/h4-8,10H,1-3H3/b8-7+/t10-/m1/s1. The number of ether oxygens (including phenoxy) is 3. The number of hydrogen-bond donors (Lipinski definition) is 0. The van der Waals surface area contributed by atoms with Crippen molar-refractivity contribution in [2.45, 2.75) is 13.0 Å². The minimum Gasteiger partial charge on any atom is -0.493 e. The van der Waals surface area contributed by atoms with Gasteiger partial charge in [0.05, 0.1) is 14.2 Å². The van der Waals surface area contributed by atoms with Gasteiger partial charge in [-0.25, -0.2) is 4.79 Å². The highest BCUT2D eigenvalue weighted by Gasteiger charge is 2.08. The van der Waals surface area contributed by atoms with E-state index in [0.29, 0.717) is 17.1 Å². The first-order valence-electron chi connectivity index (χ1n) is 5.61. The zero-order valence-corrected chi connectivity index (χ0v) is 11.0. The molecule has 0 aromatic heterocycles. The van der Waals surface area contributed by atoms with Crippen LogP contribution in [0.3, 0.4) is 0 Å². The summed E-state index contributed by atoms with van der Waals surface area (Å²) < 4.78 is 15.2. The molecular weight excluding hydrogens is 246 g/mol. The lowest BCUT2D eigenvalue weighted by atomic mass is 10.1. The topological polar surface area (TPSA) is 68.5 Å². The van der Waals surface area contributed by atoms with E-state index in [1.54, 1.807) is 24.3 Å². The molecule has 0 amide bonds. The SMILES string of the molecule is COc1cccc(/C=C/C(=O)O[C@H](C)C#N)c1OC. The molecule has 5 heteroatoms. The first kappa shape index (κ1) is 14.6. The third-order valence-electron chi connectivity index (χ3n) is 2.31. The molecule has 1 aromatic carbocycles. The van der Waals surface area contributed by atoms with Crippen molar-refractivity contribution in [2.75, 3.05) is 14.2 Å². The molecule has 1 rings (SSSR count). The van der Waals surface area contributed by atoms with Crippen LogP contribution in [-0.4, -0.2) is 26.3 Å². The number of hydrogen-bond acceptors (Lipinski definition) is 5. The Labute approximate surface area is 112 Å². The summed E-state index contributed by atoms with van der Waals surface area (Å²) in [7, 11) is 3.06. The monoisotopic (exact) mass is 261 g/mol. The number of methoxy groups -OCH3 is 2. The molecule has 0 N–H and O–H groups in total. The summed E-state index contributed by atoms with van der Waals surface area (Å²) in [6.07, 6.45) is 2.02. The zero-order chi connectivity index (χ0) is 14.3. The van der Waals surface area contributed by atoms with E-state index in [0.717, 1.165) is 0 Å². The highest BCUT2D eigenvalue weighted by Crippen LogP contribution is 2.31. The lowest BCUT2D eigenvalue weighted by Crippen LogP contribution is -2.10. The van der Waals surface area contributed by atoms with Gasteiger partial charge in [0, 0.05) is 11.6 Å². The van der Waals surface area contributed by atoms with Crippen molar-refractivity contribution in [1.29, 1.82) is 5.26 Å². The molecule has 5 nitrogen and oxygen atoms in total. The second kappa shape index (κ2) is 7.07. The predicted molar refractivity (Wildman–Crippen MR) is 69.7 cm³/mol. The molecule has 0 aliphatic heterocycles. The molecule has 0 bridgehead atoms. The van der Waals surface area contributed by atoms with E-state index in [4.69, 9.17) is 19.5 Å². The molecule has 0 radical (unpaired) electrons. The molecule has 19 heavy (non-hydrogen) atoms. The van der Waals surface area contributed by atoms with Gasteiger partial charge in [-0.3, -0.25) is 0 Å². The van der Waals surface area contributed by atoms with Crippen LogP contribution in [0.1, 0.15) is 12.5 Å². The van der Waals surface area contributed by atoms with Gasteiger partial charge in [-0.1, -0.05) is 12.1 Å². The molecule has 0 fully saturated rings. The number of rotatable bonds is 5. The van der Waals surface area contributed by atoms with Crippen LogP contribution in [0.15, 0.2) is 24.3 Å². The van der Waals surface area contributed by atoms with Crippen molar-refractivity contribution in [3.8, 4) is 17.6 Å². The van der Waals surface area contributed by atoms with Gasteiger partial charge in [0.15, 0.2) is 17.6 Å². The maximum atomic E-state index is 11.4. The molecule has 0 heterocycles. The largest absolute Gasteiger partial charge is 0.493 e. The summed E-state index contributed by atoms with van der Waals surface area (Å²) in [4.78, 5) is 11.4. The minimum atomic E-state index is -0.774. The van der Waals surface area contributed by atoms with Crippen LogP contribution in [-0.2, 0) is 9.53 Å². The zero-order valence-electron chi connectivity index (χ0n) is 11.0. The van der Waals surface area contributed by atoms with Crippen LogP contribution >= 0.6 is 0 Å². The van der Waals surface area contributed by atoms with Gasteiger partial charge in [0.25, 0.3) is 0 Å². The van der Waals surface area contributed by atoms with E-state index in [1.165, 1.54) is 27.2 Å². The number of carbonyl (C=O) groups is 1. The molecule has 1 atom stereocenters. The van der Waals surface area contributed by atoms with Crippen LogP contribution in [0.2, 0.25) is 0 Å². The Morgan fingerprint density at radius 1 is 1.37 bits per heavy atom. The van der Waals surface area contributed by atoms with Crippen molar-refractivity contribution in [2.24, 2.45) is 0 Å². The number of nitriles is 1. The average Bonchev–Trinajstić information content (AvgIpc) is 2.44. The molecule has 0 aliphatic rings. The van der Waals surface area contributed by atoms with Gasteiger partial charge in [0.1, 0.15) is 6.07 Å². The molecule has 0 saturated heterocycles. The smallest absolute Gasteiger partial charge is 0.332 e. The highest BCUT2D eigenvalue weighted by atomic mass is 16.5. The number of para-hydroxylation sites is 1. The highest BCUT2D eigenvalue weighted by molar-refractivity contribution is 5.88. The van der Waals surface area contributed by atoms with Crippen molar-refractivity contribution in [3.05, 3.63) is 29.8 Å². The Morgan fingerprint density at radius 2 is 2.11 bits per heavy atom. The maximum Gasteiger partial charge on any atom is 0.332 e. The van der Waals surface area contributed by atoms with Crippen molar-refractivity contribution in [3.63, 3.8) is 0 Å². The molecule has 1 aromatic rings. The third-order valence-corrected chi connectivity index (χ3v) is 2.31. The maximum absolute atomic E-state index is 11.4. The Kier molecular flexibility index (Phi) is 5.42. The van der Waals surface area contributed by atoms with Gasteiger partial charge in [-0.2, -0.15) is 5.26 Å². The summed E-state index contributed by atoms with van der Waals surface area (Å²) >= 11 is 0. The summed E-state index contributed by atoms with van der Waals surface area (Å²) in [6, 6.07) is 7.13. The van der Waals surface area contributed by atoms with Crippen molar-refractivity contribution >= 4 is 12.0 Å². The van der Waals surface area contributed by atoms with Gasteiger partial charge in [-0.15, -0.1) is 0 Å². The van der Waals surface area contributed by atoms with Crippen LogP contribution < -0.4 is 9.47 Å². The van der Waals surface area contributed by atoms with Gasteiger partial charge in [-0.05, 0) is 19.1 Å². The second-order valence-corrected chi connectivity index (χ2v) is 3.62. The Balaban J connectivity index is 2.88. The Bertz CT molecular complexity index is 517. The van der Waals surface area contributed by atoms with E-state index >= 15 is 0 Å². The normalized spacial score (nSPS) is 11.7. The van der Waals surface area contributed by atoms with Crippen molar-refractivity contribution in [1.82, 2.24) is 0 Å². The molecule has 0 spiro atoms. The molecule has 0 unspecified atom stereocenters. The van der Waals surface area contributed by atoms with E-state index in [-0.39, 0.29) is 0 Å². The first-order chi connectivity index (χ1) is 9.12. The minimum absolute atomic E-state index is 0.530. The second-order valence-electron chi connectivity index (χ2n) is 3.62. The van der Waals surface area contributed by atoms with Crippen LogP contribution in [0.4, 0.5) is 0 Å². The Morgan fingerprint density at radius 3 is 2.68 bits per heavy atom. The van der Waals surface area contributed by atoms with E-state index in [1.807, 2.05) is 6.07 Å². The first-order valence-corrected chi connectivity index (χ1v) is 5.61. The van der Waals surface area contributed by atoms with E-state index in [9.17, 15) is 4.79 Å². The van der Waals surface area contributed by atoms with E-state index < -0.39 is 12.1 Å². The van der Waals surface area contributed by atoms with E-state index in [2.05, 4.69) is 0 Å². The lowest BCUT2D eigenvalue weighted by Gasteiger charge is -2.09. The predicted octanol–water partition coefficient (Wildman–Crippen LogP) is 2.17. The number of nitrogens with zero attached hydrogens (tertiary/aromatic N) is 1. The summed E-state index contributed by atoms with van der Waals surface area (Å²) in [5, 5.41) is 8.53. The number of carbonyl (C=O) groups excluding carboxylic acids is 1. The van der Waals surface area contributed by atoms with Crippen LogP contribution in [0.5, 0.6) is 11.5 Å². The van der Waals surface area contributed by atoms with Gasteiger partial charge >= 0.3 is 5.97 Å². The Hall–Kier alpha value is -2.48. The van der Waals surface area contributed by atoms with Crippen molar-refractivity contribution < 1.29 is 19.0 Å². The quantitative estimate of drug-likeness (QED) is 0.600. The van der Waals surface area contributed by atoms with Crippen LogP contribution in [0.25, 0.3) is 6.08 Å². The molecular formula is C14H15NO4. The fourth-order valence-corrected chi connectivity index (χ4v) is 1.44. The molecule has 0 aliphatic carbocycles. The number of benzene rings is 1.